The maximum atomic E-state index is 14.7. The molecule has 176 valence electrons. The van der Waals surface area contributed by atoms with E-state index in [-0.39, 0.29) is 35.9 Å². The summed E-state index contributed by atoms with van der Waals surface area (Å²) >= 11 is 1.76. The Morgan fingerprint density at radius 3 is 2.45 bits per heavy atom. The number of anilines is 1. The Labute approximate surface area is 206 Å². The molecule has 31 heavy (non-hydrogen) atoms. The number of halogens is 2. The number of carbonyl (C=O) groups is 1. The predicted molar refractivity (Wildman–Crippen MR) is 138 cm³/mol. The molecular weight excluding hydrogens is 532 g/mol. The lowest BCUT2D eigenvalue weighted by atomic mass is 10.1. The minimum absolute atomic E-state index is 0. The second-order valence-corrected chi connectivity index (χ2v) is 9.07. The Kier molecular flexibility index (Phi) is 11.7. The first-order chi connectivity index (χ1) is 14.2. The van der Waals surface area contributed by atoms with Gasteiger partial charge in [-0.05, 0) is 44.7 Å². The van der Waals surface area contributed by atoms with Crippen LogP contribution in [0.1, 0.15) is 26.3 Å². The number of hydrogen-bond acceptors (Lipinski definition) is 5. The molecule has 2 N–H and O–H groups in total. The van der Waals surface area contributed by atoms with Crippen molar-refractivity contribution in [3.8, 4) is 0 Å². The summed E-state index contributed by atoms with van der Waals surface area (Å²) in [6, 6.07) is 5.28. The Morgan fingerprint density at radius 1 is 1.23 bits per heavy atom. The largest absolute Gasteiger partial charge is 0.444 e. The topological polar surface area (TPSA) is 69.2 Å². The highest BCUT2D eigenvalue weighted by molar-refractivity contribution is 14.0. The molecule has 0 bridgehead atoms. The van der Waals surface area contributed by atoms with Crippen molar-refractivity contribution in [2.45, 2.75) is 32.9 Å². The zero-order valence-electron chi connectivity index (χ0n) is 19.0. The molecular formula is C21H35FIN5O2S. The number of rotatable bonds is 6. The maximum Gasteiger partial charge on any atom is 0.410 e. The van der Waals surface area contributed by atoms with Gasteiger partial charge in [0.25, 0.3) is 0 Å². The fourth-order valence-electron chi connectivity index (χ4n) is 3.05. The van der Waals surface area contributed by atoms with Crippen LogP contribution in [0.25, 0.3) is 0 Å². The Morgan fingerprint density at radius 2 is 1.90 bits per heavy atom. The number of ether oxygens (including phenoxy) is 1. The van der Waals surface area contributed by atoms with Crippen LogP contribution in [0.3, 0.4) is 0 Å². The second kappa shape index (κ2) is 13.2. The van der Waals surface area contributed by atoms with E-state index in [1.54, 1.807) is 35.8 Å². The van der Waals surface area contributed by atoms with Crippen LogP contribution in [-0.4, -0.2) is 74.3 Å². The normalized spacial score (nSPS) is 14.7. The molecule has 7 nitrogen and oxygen atoms in total. The van der Waals surface area contributed by atoms with Gasteiger partial charge in [0.2, 0.25) is 0 Å². The average molecular weight is 568 g/mol. The predicted octanol–water partition coefficient (Wildman–Crippen LogP) is 3.53. The summed E-state index contributed by atoms with van der Waals surface area (Å²) in [4.78, 5) is 20.0. The zero-order valence-corrected chi connectivity index (χ0v) is 22.2. The number of nitrogens with zero attached hydrogens (tertiary/aromatic N) is 3. The van der Waals surface area contributed by atoms with Gasteiger partial charge in [-0.3, -0.25) is 4.99 Å². The van der Waals surface area contributed by atoms with Gasteiger partial charge in [0.15, 0.2) is 5.96 Å². The lowest BCUT2D eigenvalue weighted by molar-refractivity contribution is 0.0240. The van der Waals surface area contributed by atoms with Crippen molar-refractivity contribution in [2.75, 3.05) is 56.7 Å². The van der Waals surface area contributed by atoms with Crippen molar-refractivity contribution < 1.29 is 13.9 Å². The van der Waals surface area contributed by atoms with E-state index in [9.17, 15) is 9.18 Å². The van der Waals surface area contributed by atoms with E-state index in [1.165, 1.54) is 0 Å². The first-order valence-electron chi connectivity index (χ1n) is 10.2. The van der Waals surface area contributed by atoms with Gasteiger partial charge in [-0.15, -0.1) is 24.0 Å². The molecule has 0 radical (unpaired) electrons. The monoisotopic (exact) mass is 567 g/mol. The number of aliphatic imine (C=N–C) groups is 1. The average Bonchev–Trinajstić information content (AvgIpc) is 2.69. The number of guanidine groups is 1. The van der Waals surface area contributed by atoms with Gasteiger partial charge in [0, 0.05) is 52.1 Å². The van der Waals surface area contributed by atoms with Crippen LogP contribution in [0, 0.1) is 5.82 Å². The molecule has 1 aliphatic heterocycles. The zero-order chi connectivity index (χ0) is 22.1. The van der Waals surface area contributed by atoms with Crippen LogP contribution in [0.5, 0.6) is 0 Å². The Hall–Kier alpha value is -1.43. The number of nitrogens with one attached hydrogen (secondary N) is 2. The Balaban J connectivity index is 0.00000480. The van der Waals surface area contributed by atoms with Crippen molar-refractivity contribution >= 4 is 53.5 Å². The first kappa shape index (κ1) is 27.6. The quantitative estimate of drug-likeness (QED) is 0.237. The van der Waals surface area contributed by atoms with Gasteiger partial charge in [0.1, 0.15) is 11.4 Å². The molecule has 1 fully saturated rings. The lowest BCUT2D eigenvalue weighted by Crippen LogP contribution is -2.50. The third-order valence-corrected chi connectivity index (χ3v) is 5.18. The van der Waals surface area contributed by atoms with Crippen molar-refractivity contribution in [3.63, 3.8) is 0 Å². The molecule has 0 unspecified atom stereocenters. The van der Waals surface area contributed by atoms with E-state index >= 15 is 0 Å². The van der Waals surface area contributed by atoms with Gasteiger partial charge in [-0.1, -0.05) is 6.07 Å². The number of hydrogen-bond donors (Lipinski definition) is 2. The second-order valence-electron chi connectivity index (χ2n) is 8.09. The van der Waals surface area contributed by atoms with E-state index in [0.29, 0.717) is 44.4 Å². The van der Waals surface area contributed by atoms with Crippen LogP contribution in [0.15, 0.2) is 23.2 Å². The van der Waals surface area contributed by atoms with Crippen LogP contribution in [0.4, 0.5) is 14.9 Å². The van der Waals surface area contributed by atoms with Crippen LogP contribution >= 0.6 is 35.7 Å². The van der Waals surface area contributed by atoms with E-state index < -0.39 is 5.60 Å². The summed E-state index contributed by atoms with van der Waals surface area (Å²) in [5, 5.41) is 6.42. The molecule has 0 atom stereocenters. The summed E-state index contributed by atoms with van der Waals surface area (Å²) in [5.74, 6) is 1.43. The molecule has 10 heteroatoms. The van der Waals surface area contributed by atoms with Crippen molar-refractivity contribution in [3.05, 3.63) is 29.6 Å². The summed E-state index contributed by atoms with van der Waals surface area (Å²) < 4.78 is 20.2. The molecule has 1 heterocycles. The van der Waals surface area contributed by atoms with Gasteiger partial charge < -0.3 is 25.2 Å². The van der Waals surface area contributed by atoms with E-state index in [0.717, 1.165) is 17.9 Å². The number of amides is 1. The van der Waals surface area contributed by atoms with Crippen LogP contribution in [0.2, 0.25) is 0 Å². The first-order valence-corrected chi connectivity index (χ1v) is 11.6. The fraction of sp³-hybridized carbons (Fsp3) is 0.619. The highest BCUT2D eigenvalue weighted by Crippen LogP contribution is 2.22. The number of thioether (sulfide) groups is 1. The number of benzene rings is 1. The summed E-state index contributed by atoms with van der Waals surface area (Å²) in [7, 11) is 1.72. The van der Waals surface area contributed by atoms with E-state index in [1.807, 2.05) is 31.7 Å². The molecule has 0 saturated carbocycles. The smallest absolute Gasteiger partial charge is 0.410 e. The summed E-state index contributed by atoms with van der Waals surface area (Å²) in [5.41, 5.74) is 0.887. The van der Waals surface area contributed by atoms with Crippen molar-refractivity contribution in [2.24, 2.45) is 4.99 Å². The summed E-state index contributed by atoms with van der Waals surface area (Å²) in [6.07, 6.45) is 1.74. The highest BCUT2D eigenvalue weighted by Gasteiger charge is 2.26. The minimum atomic E-state index is -0.517. The molecule has 1 aromatic carbocycles. The van der Waals surface area contributed by atoms with Crippen molar-refractivity contribution in [1.82, 2.24) is 15.5 Å². The standard InChI is InChI=1S/C21H34FN5O2S.HI/c1-21(2,3)29-20(28)27-11-9-26(10-12-27)18-7-6-16(14-17(18)22)15-25-19(23-4)24-8-13-30-5;/h6-7,14H,8-13,15H2,1-5H3,(H2,23,24,25);1H. The van der Waals surface area contributed by atoms with Gasteiger partial charge in [0.05, 0.1) is 5.69 Å². The lowest BCUT2D eigenvalue weighted by Gasteiger charge is -2.36. The molecule has 2 rings (SSSR count). The highest BCUT2D eigenvalue weighted by atomic mass is 127. The molecule has 0 spiro atoms. The molecule has 1 aliphatic rings. The molecule has 1 aromatic rings. The number of carbonyl (C=O) groups excluding carboxylic acids is 1. The number of piperazine rings is 1. The van der Waals surface area contributed by atoms with E-state index in [2.05, 4.69) is 21.9 Å². The fourth-order valence-corrected chi connectivity index (χ4v) is 3.36. The third-order valence-electron chi connectivity index (χ3n) is 4.57. The molecule has 0 aromatic heterocycles. The van der Waals surface area contributed by atoms with Crippen LogP contribution in [-0.2, 0) is 11.3 Å². The van der Waals surface area contributed by atoms with Gasteiger partial charge in [-0.2, -0.15) is 11.8 Å². The molecule has 1 saturated heterocycles. The third kappa shape index (κ3) is 9.30. The minimum Gasteiger partial charge on any atom is -0.444 e. The summed E-state index contributed by atoms with van der Waals surface area (Å²) in [6.45, 7) is 9.02. The van der Waals surface area contributed by atoms with Gasteiger partial charge >= 0.3 is 6.09 Å². The van der Waals surface area contributed by atoms with Crippen molar-refractivity contribution in [1.29, 1.82) is 0 Å². The molecule has 1 amide bonds. The maximum absolute atomic E-state index is 14.7. The van der Waals surface area contributed by atoms with Gasteiger partial charge in [-0.25, -0.2) is 9.18 Å². The molecule has 0 aliphatic carbocycles. The Bertz CT molecular complexity index is 737. The van der Waals surface area contributed by atoms with E-state index in [4.69, 9.17) is 4.74 Å². The SMILES string of the molecule is CN=C(NCCSC)NCc1ccc(N2CCN(C(=O)OC(C)(C)C)CC2)c(F)c1.I. The van der Waals surface area contributed by atoms with Crippen LogP contribution < -0.4 is 15.5 Å².